The first-order valence-electron chi connectivity index (χ1n) is 7.93. The molecule has 120 valence electrons. The predicted molar refractivity (Wildman–Crippen MR) is 98.7 cm³/mol. The standard InChI is InChI=1S/C19H17ClN4/c1-13-15(20)6-4-7-16(13)22-19-21-11-9-18(23-19)24-12-10-14-5-2-3-8-17(14)24/h2-9,11H,10,12H2,1H3,(H,21,22,23). The van der Waals surface area contributed by atoms with Gasteiger partial charge in [0.25, 0.3) is 0 Å². The SMILES string of the molecule is Cc1c(Cl)cccc1Nc1nccc(N2CCc3ccccc32)n1. The van der Waals surface area contributed by atoms with Crippen LogP contribution in [-0.4, -0.2) is 16.5 Å². The van der Waals surface area contributed by atoms with E-state index in [0.717, 1.165) is 35.1 Å². The lowest BCUT2D eigenvalue weighted by molar-refractivity contribution is 0.966. The molecular weight excluding hydrogens is 320 g/mol. The van der Waals surface area contributed by atoms with Gasteiger partial charge in [0.15, 0.2) is 0 Å². The molecule has 0 spiro atoms. The van der Waals surface area contributed by atoms with E-state index < -0.39 is 0 Å². The molecule has 24 heavy (non-hydrogen) atoms. The Kier molecular flexibility index (Phi) is 3.82. The van der Waals surface area contributed by atoms with E-state index >= 15 is 0 Å². The molecule has 0 saturated carbocycles. The Hall–Kier alpha value is -2.59. The summed E-state index contributed by atoms with van der Waals surface area (Å²) in [5, 5.41) is 3.99. The fraction of sp³-hybridized carbons (Fsp3) is 0.158. The van der Waals surface area contributed by atoms with Gasteiger partial charge < -0.3 is 10.2 Å². The van der Waals surface area contributed by atoms with Crippen LogP contribution in [0.2, 0.25) is 5.02 Å². The van der Waals surface area contributed by atoms with Crippen molar-refractivity contribution in [1.29, 1.82) is 0 Å². The number of rotatable bonds is 3. The van der Waals surface area contributed by atoms with E-state index in [1.165, 1.54) is 11.3 Å². The molecule has 3 aromatic rings. The zero-order valence-electron chi connectivity index (χ0n) is 13.3. The number of hydrogen-bond acceptors (Lipinski definition) is 4. The van der Waals surface area contributed by atoms with Crippen LogP contribution in [0.3, 0.4) is 0 Å². The van der Waals surface area contributed by atoms with Crippen molar-refractivity contribution in [3.8, 4) is 0 Å². The van der Waals surface area contributed by atoms with Crippen molar-refractivity contribution in [2.24, 2.45) is 0 Å². The van der Waals surface area contributed by atoms with Crippen molar-refractivity contribution < 1.29 is 0 Å². The number of nitrogens with one attached hydrogen (secondary N) is 1. The average Bonchev–Trinajstić information content (AvgIpc) is 3.03. The number of nitrogens with zero attached hydrogens (tertiary/aromatic N) is 3. The highest BCUT2D eigenvalue weighted by atomic mass is 35.5. The van der Waals surface area contributed by atoms with E-state index in [-0.39, 0.29) is 0 Å². The van der Waals surface area contributed by atoms with Crippen LogP contribution >= 0.6 is 11.6 Å². The second-order valence-electron chi connectivity index (χ2n) is 5.81. The first-order valence-corrected chi connectivity index (χ1v) is 8.31. The fourth-order valence-corrected chi connectivity index (χ4v) is 3.17. The molecule has 0 atom stereocenters. The summed E-state index contributed by atoms with van der Waals surface area (Å²) >= 11 is 6.18. The van der Waals surface area contributed by atoms with Gasteiger partial charge >= 0.3 is 0 Å². The van der Waals surface area contributed by atoms with E-state index in [4.69, 9.17) is 11.6 Å². The second kappa shape index (κ2) is 6.13. The van der Waals surface area contributed by atoms with Gasteiger partial charge in [0.05, 0.1) is 0 Å². The molecule has 2 heterocycles. The van der Waals surface area contributed by atoms with Crippen LogP contribution < -0.4 is 10.2 Å². The summed E-state index contributed by atoms with van der Waals surface area (Å²) in [6.07, 6.45) is 2.82. The van der Waals surface area contributed by atoms with E-state index in [9.17, 15) is 0 Å². The highest BCUT2D eigenvalue weighted by Crippen LogP contribution is 2.33. The Morgan fingerprint density at radius 1 is 1.08 bits per heavy atom. The number of anilines is 4. The van der Waals surface area contributed by atoms with E-state index in [1.54, 1.807) is 6.20 Å². The summed E-state index contributed by atoms with van der Waals surface area (Å²) in [5.74, 6) is 1.47. The molecule has 0 saturated heterocycles. The first-order chi connectivity index (χ1) is 11.7. The molecule has 5 heteroatoms. The summed E-state index contributed by atoms with van der Waals surface area (Å²) in [6.45, 7) is 2.91. The van der Waals surface area contributed by atoms with Crippen LogP contribution in [-0.2, 0) is 6.42 Å². The summed E-state index contributed by atoms with van der Waals surface area (Å²) in [4.78, 5) is 11.3. The molecule has 4 nitrogen and oxygen atoms in total. The molecule has 0 fully saturated rings. The van der Waals surface area contributed by atoms with Gasteiger partial charge in [-0.15, -0.1) is 0 Å². The van der Waals surface area contributed by atoms with Crippen LogP contribution in [0, 0.1) is 6.92 Å². The molecule has 2 aromatic carbocycles. The maximum absolute atomic E-state index is 6.18. The summed E-state index contributed by atoms with van der Waals surface area (Å²) in [6, 6.07) is 16.2. The maximum atomic E-state index is 6.18. The number of hydrogen-bond donors (Lipinski definition) is 1. The van der Waals surface area contributed by atoms with Crippen molar-refractivity contribution in [3.63, 3.8) is 0 Å². The Morgan fingerprint density at radius 2 is 1.96 bits per heavy atom. The van der Waals surface area contributed by atoms with E-state index in [1.807, 2.05) is 31.2 Å². The molecule has 0 amide bonds. The van der Waals surface area contributed by atoms with Crippen LogP contribution in [0.25, 0.3) is 0 Å². The van der Waals surface area contributed by atoms with Crippen LogP contribution in [0.1, 0.15) is 11.1 Å². The molecule has 1 aromatic heterocycles. The topological polar surface area (TPSA) is 41.1 Å². The molecule has 4 rings (SSSR count). The molecular formula is C19H17ClN4. The molecule has 1 aliphatic heterocycles. The van der Waals surface area contributed by atoms with Crippen LogP contribution in [0.5, 0.6) is 0 Å². The Balaban J connectivity index is 1.64. The lowest BCUT2D eigenvalue weighted by atomic mass is 10.2. The Morgan fingerprint density at radius 3 is 2.88 bits per heavy atom. The lowest BCUT2D eigenvalue weighted by Crippen LogP contribution is -2.15. The monoisotopic (exact) mass is 336 g/mol. The quantitative estimate of drug-likeness (QED) is 0.740. The lowest BCUT2D eigenvalue weighted by Gasteiger charge is -2.19. The van der Waals surface area contributed by atoms with Crippen molar-refractivity contribution in [2.75, 3.05) is 16.8 Å². The minimum atomic E-state index is 0.572. The van der Waals surface area contributed by atoms with Gasteiger partial charge in [-0.25, -0.2) is 4.98 Å². The van der Waals surface area contributed by atoms with Crippen molar-refractivity contribution in [1.82, 2.24) is 9.97 Å². The van der Waals surface area contributed by atoms with Gasteiger partial charge in [-0.1, -0.05) is 35.9 Å². The Labute approximate surface area is 146 Å². The van der Waals surface area contributed by atoms with Crippen molar-refractivity contribution in [3.05, 3.63) is 70.9 Å². The zero-order valence-corrected chi connectivity index (χ0v) is 14.1. The van der Waals surface area contributed by atoms with Crippen LogP contribution in [0.15, 0.2) is 54.7 Å². The second-order valence-corrected chi connectivity index (χ2v) is 6.21. The smallest absolute Gasteiger partial charge is 0.229 e. The third kappa shape index (κ3) is 2.69. The number of fused-ring (bicyclic) bond motifs is 1. The number of para-hydroxylation sites is 1. The van der Waals surface area contributed by atoms with Gasteiger partial charge in [0.2, 0.25) is 5.95 Å². The van der Waals surface area contributed by atoms with Gasteiger partial charge in [-0.2, -0.15) is 4.98 Å². The third-order valence-corrected chi connectivity index (χ3v) is 4.73. The van der Waals surface area contributed by atoms with E-state index in [0.29, 0.717) is 5.95 Å². The van der Waals surface area contributed by atoms with Crippen LogP contribution in [0.4, 0.5) is 23.1 Å². The van der Waals surface area contributed by atoms with Crippen molar-refractivity contribution >= 4 is 34.7 Å². The van der Waals surface area contributed by atoms with Gasteiger partial charge in [0, 0.05) is 29.1 Å². The maximum Gasteiger partial charge on any atom is 0.229 e. The van der Waals surface area contributed by atoms with Gasteiger partial charge in [0.1, 0.15) is 5.82 Å². The average molecular weight is 337 g/mol. The number of halogens is 1. The largest absolute Gasteiger partial charge is 0.326 e. The molecule has 1 N–H and O–H groups in total. The number of aromatic nitrogens is 2. The molecule has 0 bridgehead atoms. The highest BCUT2D eigenvalue weighted by molar-refractivity contribution is 6.31. The van der Waals surface area contributed by atoms with E-state index in [2.05, 4.69) is 44.5 Å². The zero-order chi connectivity index (χ0) is 16.5. The molecule has 0 aliphatic carbocycles. The fourth-order valence-electron chi connectivity index (χ4n) is 3.00. The summed E-state index contributed by atoms with van der Waals surface area (Å²) in [7, 11) is 0. The van der Waals surface area contributed by atoms with Gasteiger partial charge in [-0.3, -0.25) is 0 Å². The van der Waals surface area contributed by atoms with Crippen molar-refractivity contribution in [2.45, 2.75) is 13.3 Å². The third-order valence-electron chi connectivity index (χ3n) is 4.32. The summed E-state index contributed by atoms with van der Waals surface area (Å²) < 4.78 is 0. The molecule has 0 unspecified atom stereocenters. The Bertz CT molecular complexity index is 894. The number of benzene rings is 2. The minimum absolute atomic E-state index is 0.572. The molecule has 1 aliphatic rings. The van der Waals surface area contributed by atoms with Gasteiger partial charge in [-0.05, 0) is 48.7 Å². The minimum Gasteiger partial charge on any atom is -0.326 e. The predicted octanol–water partition coefficient (Wildman–Crippen LogP) is 4.88. The summed E-state index contributed by atoms with van der Waals surface area (Å²) in [5.41, 5.74) is 4.48. The molecule has 0 radical (unpaired) electrons. The highest BCUT2D eigenvalue weighted by Gasteiger charge is 2.21. The normalized spacial score (nSPS) is 13.0. The first kappa shape index (κ1) is 15.0.